The molecule has 0 aromatic heterocycles. The van der Waals surface area contributed by atoms with E-state index in [2.05, 4.69) is 31.7 Å². The van der Waals surface area contributed by atoms with E-state index in [0.29, 0.717) is 0 Å². The number of rotatable bonds is 3. The van der Waals surface area contributed by atoms with Crippen LogP contribution in [0.5, 0.6) is 0 Å². The zero-order valence-corrected chi connectivity index (χ0v) is 10.6. The lowest BCUT2D eigenvalue weighted by Gasteiger charge is -2.21. The van der Waals surface area contributed by atoms with Crippen LogP contribution in [0, 0.1) is 5.82 Å². The van der Waals surface area contributed by atoms with Gasteiger partial charge in [-0.25, -0.2) is 4.39 Å². The van der Waals surface area contributed by atoms with Crippen molar-refractivity contribution < 1.29 is 4.39 Å². The molecule has 0 saturated carbocycles. The molecule has 88 valence electrons. The van der Waals surface area contributed by atoms with Crippen molar-refractivity contribution in [3.8, 4) is 0 Å². The molecule has 17 heavy (non-hydrogen) atoms. The molecule has 0 heterocycles. The molecule has 0 aliphatic heterocycles. The van der Waals surface area contributed by atoms with Gasteiger partial charge in [-0.15, -0.1) is 0 Å². The van der Waals surface area contributed by atoms with Gasteiger partial charge < -0.3 is 0 Å². The van der Waals surface area contributed by atoms with Gasteiger partial charge in [0, 0.05) is 11.2 Å². The minimum Gasteiger partial charge on any atom is -0.207 e. The van der Waals surface area contributed by atoms with Crippen molar-refractivity contribution in [2.75, 3.05) is 0 Å². The zero-order valence-electron chi connectivity index (χ0n) is 9.68. The van der Waals surface area contributed by atoms with Crippen LogP contribution in [-0.2, 0) is 0 Å². The van der Waals surface area contributed by atoms with Crippen LogP contribution in [0.15, 0.2) is 54.6 Å². The first-order chi connectivity index (χ1) is 8.18. The number of halogens is 1. The smallest absolute Gasteiger partial charge is 0.123 e. The van der Waals surface area contributed by atoms with Crippen molar-refractivity contribution in [1.29, 1.82) is 0 Å². The summed E-state index contributed by atoms with van der Waals surface area (Å²) in [5, 5.41) is 0.183. The Labute approximate surface area is 107 Å². The minimum atomic E-state index is -0.202. The molecule has 0 N–H and O–H groups in total. The van der Waals surface area contributed by atoms with Gasteiger partial charge in [0.25, 0.3) is 0 Å². The van der Waals surface area contributed by atoms with Crippen molar-refractivity contribution in [3.05, 3.63) is 71.5 Å². The summed E-state index contributed by atoms with van der Waals surface area (Å²) in [5.41, 5.74) is 2.31. The maximum Gasteiger partial charge on any atom is 0.123 e. The first kappa shape index (κ1) is 12.2. The van der Waals surface area contributed by atoms with Gasteiger partial charge in [-0.3, -0.25) is 0 Å². The van der Waals surface area contributed by atoms with E-state index in [4.69, 9.17) is 0 Å². The largest absolute Gasteiger partial charge is 0.207 e. The Morgan fingerprint density at radius 3 is 1.94 bits per heavy atom. The molecule has 0 radical (unpaired) electrons. The van der Waals surface area contributed by atoms with E-state index < -0.39 is 0 Å². The maximum absolute atomic E-state index is 12.9. The minimum absolute atomic E-state index is 0.183. The highest BCUT2D eigenvalue weighted by Crippen LogP contribution is 2.30. The Hall–Kier alpha value is -1.28. The molecule has 2 rings (SSSR count). The van der Waals surface area contributed by atoms with Crippen LogP contribution in [0.25, 0.3) is 0 Å². The van der Waals surface area contributed by atoms with Crippen molar-refractivity contribution in [3.63, 3.8) is 0 Å². The fraction of sp³-hybridized carbons (Fsp3) is 0.200. The van der Waals surface area contributed by atoms with E-state index in [1.165, 1.54) is 17.7 Å². The fourth-order valence-electron chi connectivity index (χ4n) is 2.08. The SMILES string of the molecule is CC(S)C(c1ccccc1)c1ccc(F)cc1. The predicted molar refractivity (Wildman–Crippen MR) is 73.1 cm³/mol. The average molecular weight is 246 g/mol. The monoisotopic (exact) mass is 246 g/mol. The summed E-state index contributed by atoms with van der Waals surface area (Å²) in [4.78, 5) is 0. The Bertz CT molecular complexity index is 462. The summed E-state index contributed by atoms with van der Waals surface area (Å²) in [6.07, 6.45) is 0. The lowest BCUT2D eigenvalue weighted by atomic mass is 9.89. The molecule has 0 saturated heterocycles. The number of hydrogen-bond acceptors (Lipinski definition) is 1. The number of benzene rings is 2. The van der Waals surface area contributed by atoms with E-state index in [0.717, 1.165) is 5.56 Å². The fourth-order valence-corrected chi connectivity index (χ4v) is 2.42. The summed E-state index contributed by atoms with van der Waals surface area (Å²) in [6, 6.07) is 16.9. The van der Waals surface area contributed by atoms with Gasteiger partial charge in [-0.1, -0.05) is 49.4 Å². The molecule has 2 aromatic rings. The lowest BCUT2D eigenvalue weighted by molar-refractivity contribution is 0.626. The molecule has 0 spiro atoms. The van der Waals surface area contributed by atoms with E-state index in [1.807, 2.05) is 30.3 Å². The van der Waals surface area contributed by atoms with E-state index in [9.17, 15) is 4.39 Å². The van der Waals surface area contributed by atoms with Crippen molar-refractivity contribution >= 4 is 12.6 Å². The predicted octanol–water partition coefficient (Wildman–Crippen LogP) is 4.28. The summed E-state index contributed by atoms with van der Waals surface area (Å²) in [7, 11) is 0. The molecule has 2 unspecified atom stereocenters. The molecule has 0 bridgehead atoms. The molecular formula is C15H15FS. The maximum atomic E-state index is 12.9. The number of hydrogen-bond donors (Lipinski definition) is 1. The van der Waals surface area contributed by atoms with Gasteiger partial charge in [0.05, 0.1) is 0 Å². The Morgan fingerprint density at radius 1 is 0.882 bits per heavy atom. The van der Waals surface area contributed by atoms with Gasteiger partial charge in [-0.2, -0.15) is 12.6 Å². The molecule has 0 nitrogen and oxygen atoms in total. The van der Waals surface area contributed by atoms with E-state index >= 15 is 0 Å². The van der Waals surface area contributed by atoms with Gasteiger partial charge in [0.15, 0.2) is 0 Å². The van der Waals surface area contributed by atoms with Crippen LogP contribution < -0.4 is 0 Å². The normalized spacial score (nSPS) is 14.3. The third-order valence-corrected chi connectivity index (χ3v) is 3.17. The molecule has 0 aliphatic carbocycles. The van der Waals surface area contributed by atoms with Crippen LogP contribution in [0.1, 0.15) is 24.0 Å². The highest BCUT2D eigenvalue weighted by atomic mass is 32.1. The lowest BCUT2D eigenvalue weighted by Crippen LogP contribution is -2.11. The first-order valence-electron chi connectivity index (χ1n) is 5.67. The average Bonchev–Trinajstić information content (AvgIpc) is 2.33. The van der Waals surface area contributed by atoms with E-state index in [-0.39, 0.29) is 17.0 Å². The quantitative estimate of drug-likeness (QED) is 0.768. The summed E-state index contributed by atoms with van der Waals surface area (Å²) in [6.45, 7) is 2.06. The molecule has 0 amide bonds. The van der Waals surface area contributed by atoms with Crippen molar-refractivity contribution in [2.45, 2.75) is 18.1 Å². The van der Waals surface area contributed by atoms with Crippen LogP contribution >= 0.6 is 12.6 Å². The Kier molecular flexibility index (Phi) is 3.85. The van der Waals surface area contributed by atoms with Crippen LogP contribution in [-0.4, -0.2) is 5.25 Å². The zero-order chi connectivity index (χ0) is 12.3. The molecule has 2 aromatic carbocycles. The Balaban J connectivity index is 2.39. The highest BCUT2D eigenvalue weighted by molar-refractivity contribution is 7.81. The van der Waals surface area contributed by atoms with Crippen LogP contribution in [0.4, 0.5) is 4.39 Å². The molecular weight excluding hydrogens is 231 g/mol. The van der Waals surface area contributed by atoms with Crippen LogP contribution in [0.3, 0.4) is 0 Å². The third kappa shape index (κ3) is 2.89. The molecule has 0 aliphatic rings. The topological polar surface area (TPSA) is 0 Å². The standard InChI is InChI=1S/C15H15FS/c1-11(17)15(12-5-3-2-4-6-12)13-7-9-14(16)10-8-13/h2-11,15,17H,1H3. The summed E-state index contributed by atoms with van der Waals surface area (Å²) in [5.74, 6) is -0.00693. The summed E-state index contributed by atoms with van der Waals surface area (Å²) >= 11 is 4.55. The molecule has 2 heteroatoms. The second-order valence-corrected chi connectivity index (χ2v) is 5.00. The van der Waals surface area contributed by atoms with Gasteiger partial charge >= 0.3 is 0 Å². The first-order valence-corrected chi connectivity index (χ1v) is 6.18. The second kappa shape index (κ2) is 5.37. The van der Waals surface area contributed by atoms with Crippen molar-refractivity contribution in [1.82, 2.24) is 0 Å². The molecule has 2 atom stereocenters. The Morgan fingerprint density at radius 2 is 1.41 bits per heavy atom. The van der Waals surface area contributed by atoms with Crippen LogP contribution in [0.2, 0.25) is 0 Å². The molecule has 0 fully saturated rings. The van der Waals surface area contributed by atoms with E-state index in [1.54, 1.807) is 0 Å². The van der Waals surface area contributed by atoms with Gasteiger partial charge in [-0.05, 0) is 23.3 Å². The van der Waals surface area contributed by atoms with Crippen molar-refractivity contribution in [2.24, 2.45) is 0 Å². The second-order valence-electron chi connectivity index (χ2n) is 4.18. The van der Waals surface area contributed by atoms with Gasteiger partial charge in [0.2, 0.25) is 0 Å². The highest BCUT2D eigenvalue weighted by Gasteiger charge is 2.18. The third-order valence-electron chi connectivity index (χ3n) is 2.87. The number of thiol groups is 1. The van der Waals surface area contributed by atoms with Gasteiger partial charge in [0.1, 0.15) is 5.82 Å². The summed E-state index contributed by atoms with van der Waals surface area (Å²) < 4.78 is 12.9.